The lowest BCUT2D eigenvalue weighted by Gasteiger charge is -2.26. The van der Waals surface area contributed by atoms with Crippen molar-refractivity contribution in [3.63, 3.8) is 0 Å². The molecule has 0 bridgehead atoms. The molecular formula is C14H24N2O. The van der Waals surface area contributed by atoms with Crippen LogP contribution in [0, 0.1) is 12.8 Å². The first kappa shape index (κ1) is 12.6. The van der Waals surface area contributed by atoms with Crippen molar-refractivity contribution in [3.8, 4) is 0 Å². The van der Waals surface area contributed by atoms with Crippen LogP contribution in [-0.4, -0.2) is 20.5 Å². The first-order valence-corrected chi connectivity index (χ1v) is 6.70. The average Bonchev–Trinajstić information content (AvgIpc) is 2.44. The SMILES string of the molecule is Cc1cc(CC2(O)CCCC(C)CC2)n(C)n1. The van der Waals surface area contributed by atoms with E-state index in [-0.39, 0.29) is 0 Å². The van der Waals surface area contributed by atoms with Crippen LogP contribution < -0.4 is 0 Å². The van der Waals surface area contributed by atoms with Crippen LogP contribution in [0.15, 0.2) is 6.07 Å². The van der Waals surface area contributed by atoms with Crippen molar-refractivity contribution < 1.29 is 5.11 Å². The quantitative estimate of drug-likeness (QED) is 0.802. The number of hydrogen-bond donors (Lipinski definition) is 1. The zero-order chi connectivity index (χ0) is 12.5. The van der Waals surface area contributed by atoms with E-state index in [4.69, 9.17) is 0 Å². The molecule has 2 unspecified atom stereocenters. The fourth-order valence-corrected chi connectivity index (χ4v) is 2.91. The van der Waals surface area contributed by atoms with E-state index in [1.165, 1.54) is 6.42 Å². The van der Waals surface area contributed by atoms with Gasteiger partial charge in [0.25, 0.3) is 0 Å². The fourth-order valence-electron chi connectivity index (χ4n) is 2.91. The molecule has 0 saturated heterocycles. The standard InChI is InChI=1S/C14H24N2O/c1-11-5-4-7-14(17,8-6-11)10-13-9-12(2)15-16(13)3/h9,11,17H,4-8,10H2,1-3H3. The van der Waals surface area contributed by atoms with Crippen molar-refractivity contribution in [2.75, 3.05) is 0 Å². The molecule has 0 aliphatic heterocycles. The van der Waals surface area contributed by atoms with Gasteiger partial charge in [-0.2, -0.15) is 5.10 Å². The molecule has 2 atom stereocenters. The third-order valence-electron chi connectivity index (χ3n) is 4.05. The van der Waals surface area contributed by atoms with Crippen molar-refractivity contribution in [1.29, 1.82) is 0 Å². The number of rotatable bonds is 2. The molecule has 1 fully saturated rings. The monoisotopic (exact) mass is 236 g/mol. The van der Waals surface area contributed by atoms with Crippen molar-refractivity contribution in [1.82, 2.24) is 9.78 Å². The summed E-state index contributed by atoms with van der Waals surface area (Å²) in [6.45, 7) is 4.29. The van der Waals surface area contributed by atoms with Gasteiger partial charge in [0.1, 0.15) is 0 Å². The number of nitrogens with zero attached hydrogens (tertiary/aromatic N) is 2. The maximum atomic E-state index is 10.7. The topological polar surface area (TPSA) is 38.0 Å². The lowest BCUT2D eigenvalue weighted by molar-refractivity contribution is 0.0227. The highest BCUT2D eigenvalue weighted by atomic mass is 16.3. The number of aliphatic hydroxyl groups is 1. The second-order valence-corrected chi connectivity index (χ2v) is 5.84. The fraction of sp³-hybridized carbons (Fsp3) is 0.786. The minimum Gasteiger partial charge on any atom is -0.389 e. The molecule has 0 aromatic carbocycles. The Morgan fingerprint density at radius 1 is 1.47 bits per heavy atom. The van der Waals surface area contributed by atoms with Crippen LogP contribution in [0.5, 0.6) is 0 Å². The van der Waals surface area contributed by atoms with Crippen LogP contribution in [-0.2, 0) is 13.5 Å². The second-order valence-electron chi connectivity index (χ2n) is 5.84. The predicted octanol–water partition coefficient (Wildman–Crippen LogP) is 2.60. The number of aromatic nitrogens is 2. The smallest absolute Gasteiger partial charge is 0.0703 e. The van der Waals surface area contributed by atoms with Gasteiger partial charge in [0, 0.05) is 19.2 Å². The molecule has 3 heteroatoms. The highest BCUT2D eigenvalue weighted by Crippen LogP contribution is 2.32. The molecule has 2 rings (SSSR count). The summed E-state index contributed by atoms with van der Waals surface area (Å²) >= 11 is 0. The van der Waals surface area contributed by atoms with Gasteiger partial charge in [-0.05, 0) is 38.2 Å². The minimum atomic E-state index is -0.509. The van der Waals surface area contributed by atoms with E-state index in [0.717, 1.165) is 49.4 Å². The van der Waals surface area contributed by atoms with Gasteiger partial charge < -0.3 is 5.11 Å². The Kier molecular flexibility index (Phi) is 3.57. The lowest BCUT2D eigenvalue weighted by atomic mass is 9.89. The van der Waals surface area contributed by atoms with E-state index >= 15 is 0 Å². The molecule has 1 heterocycles. The molecule has 0 radical (unpaired) electrons. The molecule has 1 N–H and O–H groups in total. The summed E-state index contributed by atoms with van der Waals surface area (Å²) in [4.78, 5) is 0. The largest absolute Gasteiger partial charge is 0.389 e. The van der Waals surface area contributed by atoms with Gasteiger partial charge in [0.2, 0.25) is 0 Å². The Bertz CT molecular complexity index is 386. The molecule has 1 aliphatic rings. The van der Waals surface area contributed by atoms with Gasteiger partial charge in [-0.15, -0.1) is 0 Å². The van der Waals surface area contributed by atoms with Crippen molar-refractivity contribution in [3.05, 3.63) is 17.5 Å². The molecule has 1 aromatic heterocycles. The third-order valence-corrected chi connectivity index (χ3v) is 4.05. The predicted molar refractivity (Wildman–Crippen MR) is 68.8 cm³/mol. The maximum absolute atomic E-state index is 10.7. The highest BCUT2D eigenvalue weighted by molar-refractivity contribution is 5.11. The summed E-state index contributed by atoms with van der Waals surface area (Å²) in [5.74, 6) is 0.761. The van der Waals surface area contributed by atoms with Crippen LogP contribution in [0.3, 0.4) is 0 Å². The summed E-state index contributed by atoms with van der Waals surface area (Å²) < 4.78 is 1.90. The molecule has 1 saturated carbocycles. The van der Waals surface area contributed by atoms with Crippen LogP contribution in [0.4, 0.5) is 0 Å². The van der Waals surface area contributed by atoms with E-state index in [1.807, 2.05) is 18.7 Å². The van der Waals surface area contributed by atoms with Crippen LogP contribution >= 0.6 is 0 Å². The summed E-state index contributed by atoms with van der Waals surface area (Å²) in [7, 11) is 1.96. The van der Waals surface area contributed by atoms with Crippen molar-refractivity contribution >= 4 is 0 Å². The van der Waals surface area contributed by atoms with Gasteiger partial charge in [-0.3, -0.25) is 4.68 Å². The second kappa shape index (κ2) is 4.81. The molecular weight excluding hydrogens is 212 g/mol. The van der Waals surface area contributed by atoms with Gasteiger partial charge in [0.05, 0.1) is 11.3 Å². The number of hydrogen-bond acceptors (Lipinski definition) is 2. The Balaban J connectivity index is 2.08. The van der Waals surface area contributed by atoms with E-state index in [2.05, 4.69) is 18.1 Å². The van der Waals surface area contributed by atoms with E-state index in [0.29, 0.717) is 0 Å². The van der Waals surface area contributed by atoms with Gasteiger partial charge in [-0.1, -0.05) is 19.8 Å². The first-order valence-electron chi connectivity index (χ1n) is 6.70. The average molecular weight is 236 g/mol. The Morgan fingerprint density at radius 2 is 2.24 bits per heavy atom. The molecule has 17 heavy (non-hydrogen) atoms. The maximum Gasteiger partial charge on any atom is 0.0703 e. The number of aryl methyl sites for hydroxylation is 2. The van der Waals surface area contributed by atoms with Crippen LogP contribution in [0.25, 0.3) is 0 Å². The lowest BCUT2D eigenvalue weighted by Crippen LogP contribution is -2.31. The molecule has 3 nitrogen and oxygen atoms in total. The Hall–Kier alpha value is -0.830. The minimum absolute atomic E-state index is 0.509. The molecule has 0 amide bonds. The normalized spacial score (nSPS) is 30.2. The molecule has 0 spiro atoms. The molecule has 96 valence electrons. The van der Waals surface area contributed by atoms with Crippen molar-refractivity contribution in [2.24, 2.45) is 13.0 Å². The third kappa shape index (κ3) is 3.09. The first-order chi connectivity index (χ1) is 7.98. The van der Waals surface area contributed by atoms with E-state index in [1.54, 1.807) is 0 Å². The summed E-state index contributed by atoms with van der Waals surface area (Å²) in [5, 5.41) is 15.1. The van der Waals surface area contributed by atoms with Crippen molar-refractivity contribution in [2.45, 2.75) is 58.0 Å². The zero-order valence-corrected chi connectivity index (χ0v) is 11.2. The molecule has 1 aromatic rings. The van der Waals surface area contributed by atoms with E-state index < -0.39 is 5.60 Å². The van der Waals surface area contributed by atoms with Gasteiger partial charge >= 0.3 is 0 Å². The van der Waals surface area contributed by atoms with Gasteiger partial charge in [0.15, 0.2) is 0 Å². The summed E-state index contributed by atoms with van der Waals surface area (Å²) in [6, 6.07) is 2.09. The van der Waals surface area contributed by atoms with Crippen LogP contribution in [0.1, 0.15) is 50.4 Å². The Labute approximate surface area is 104 Å². The highest BCUT2D eigenvalue weighted by Gasteiger charge is 2.30. The Morgan fingerprint density at radius 3 is 2.88 bits per heavy atom. The summed E-state index contributed by atoms with van der Waals surface area (Å²) in [5.41, 5.74) is 1.68. The molecule has 1 aliphatic carbocycles. The van der Waals surface area contributed by atoms with Gasteiger partial charge in [-0.25, -0.2) is 0 Å². The summed E-state index contributed by atoms with van der Waals surface area (Å²) in [6.07, 6.45) is 6.16. The zero-order valence-electron chi connectivity index (χ0n) is 11.2. The van der Waals surface area contributed by atoms with Crippen LogP contribution in [0.2, 0.25) is 0 Å². The van der Waals surface area contributed by atoms with E-state index in [9.17, 15) is 5.11 Å².